The summed E-state index contributed by atoms with van der Waals surface area (Å²) in [4.78, 5) is 24.1. The highest BCUT2D eigenvalue weighted by Gasteiger charge is 2.19. The average molecular weight is 297 g/mol. The first-order chi connectivity index (χ1) is 10.5. The highest BCUT2D eigenvalue weighted by molar-refractivity contribution is 5.97. The second-order valence-corrected chi connectivity index (χ2v) is 5.22. The number of hydrogen-bond donors (Lipinski definition) is 1. The number of esters is 1. The van der Waals surface area contributed by atoms with E-state index in [1.54, 1.807) is 19.1 Å². The van der Waals surface area contributed by atoms with Crippen LogP contribution in [0.15, 0.2) is 48.5 Å². The zero-order valence-electron chi connectivity index (χ0n) is 12.9. The molecule has 0 unspecified atom stereocenters. The maximum absolute atomic E-state index is 12.1. The van der Waals surface area contributed by atoms with Crippen molar-refractivity contribution in [3.63, 3.8) is 0 Å². The van der Waals surface area contributed by atoms with E-state index >= 15 is 0 Å². The molecule has 2 rings (SSSR count). The Balaban J connectivity index is 1.98. The maximum Gasteiger partial charge on any atom is 0.338 e. The van der Waals surface area contributed by atoms with Crippen molar-refractivity contribution < 1.29 is 14.3 Å². The third kappa shape index (κ3) is 3.95. The van der Waals surface area contributed by atoms with Crippen LogP contribution in [0.2, 0.25) is 0 Å². The van der Waals surface area contributed by atoms with Crippen LogP contribution in [0.4, 0.5) is 5.69 Å². The molecule has 0 aliphatic rings. The van der Waals surface area contributed by atoms with Crippen LogP contribution >= 0.6 is 0 Å². The molecule has 0 spiro atoms. The van der Waals surface area contributed by atoms with Crippen molar-refractivity contribution in [1.82, 2.24) is 0 Å². The highest BCUT2D eigenvalue weighted by atomic mass is 16.5. The number of amides is 1. The number of nitrogens with one attached hydrogen (secondary N) is 1. The SMILES string of the molecule is Cc1ccc(C(=O)O[C@H](C)C(=O)Nc2ccccc2C)cc1. The fourth-order valence-corrected chi connectivity index (χ4v) is 1.92. The largest absolute Gasteiger partial charge is 0.449 e. The molecule has 22 heavy (non-hydrogen) atoms. The number of anilines is 1. The van der Waals surface area contributed by atoms with Gasteiger partial charge in [-0.2, -0.15) is 0 Å². The lowest BCUT2D eigenvalue weighted by Gasteiger charge is -2.14. The van der Waals surface area contributed by atoms with E-state index < -0.39 is 12.1 Å². The Bertz CT molecular complexity index is 677. The summed E-state index contributed by atoms with van der Waals surface area (Å²) in [7, 11) is 0. The molecule has 0 aromatic heterocycles. The van der Waals surface area contributed by atoms with Gasteiger partial charge in [-0.1, -0.05) is 35.9 Å². The fraction of sp³-hybridized carbons (Fsp3) is 0.222. The minimum atomic E-state index is -0.867. The number of benzene rings is 2. The zero-order valence-corrected chi connectivity index (χ0v) is 12.9. The van der Waals surface area contributed by atoms with Gasteiger partial charge in [-0.3, -0.25) is 4.79 Å². The summed E-state index contributed by atoms with van der Waals surface area (Å²) in [6.45, 7) is 5.39. The number of carbonyl (C=O) groups is 2. The van der Waals surface area contributed by atoms with E-state index in [4.69, 9.17) is 4.74 Å². The number of para-hydroxylation sites is 1. The molecule has 1 atom stereocenters. The Labute approximate surface area is 130 Å². The fourth-order valence-electron chi connectivity index (χ4n) is 1.92. The Morgan fingerprint density at radius 1 is 1.00 bits per heavy atom. The van der Waals surface area contributed by atoms with Crippen LogP contribution in [-0.4, -0.2) is 18.0 Å². The number of ether oxygens (including phenoxy) is 1. The molecule has 2 aromatic carbocycles. The summed E-state index contributed by atoms with van der Waals surface area (Å²) < 4.78 is 5.20. The van der Waals surface area contributed by atoms with E-state index in [0.29, 0.717) is 11.3 Å². The van der Waals surface area contributed by atoms with Gasteiger partial charge in [-0.05, 0) is 44.5 Å². The molecule has 0 heterocycles. The Kier molecular flexibility index (Phi) is 4.94. The molecule has 4 heteroatoms. The normalized spacial score (nSPS) is 11.6. The van der Waals surface area contributed by atoms with Crippen molar-refractivity contribution in [3.05, 3.63) is 65.2 Å². The van der Waals surface area contributed by atoms with Crippen LogP contribution in [-0.2, 0) is 9.53 Å². The quantitative estimate of drug-likeness (QED) is 0.879. The van der Waals surface area contributed by atoms with Crippen molar-refractivity contribution in [2.75, 3.05) is 5.32 Å². The first kappa shape index (κ1) is 15.8. The summed E-state index contributed by atoms with van der Waals surface area (Å²) >= 11 is 0. The van der Waals surface area contributed by atoms with Crippen LogP contribution in [0.3, 0.4) is 0 Å². The lowest BCUT2D eigenvalue weighted by atomic mass is 10.1. The first-order valence-corrected chi connectivity index (χ1v) is 7.11. The van der Waals surface area contributed by atoms with E-state index in [2.05, 4.69) is 5.32 Å². The highest BCUT2D eigenvalue weighted by Crippen LogP contribution is 2.14. The predicted molar refractivity (Wildman–Crippen MR) is 85.9 cm³/mol. The van der Waals surface area contributed by atoms with Gasteiger partial charge in [0.25, 0.3) is 5.91 Å². The van der Waals surface area contributed by atoms with Gasteiger partial charge < -0.3 is 10.1 Å². The van der Waals surface area contributed by atoms with Crippen molar-refractivity contribution in [2.45, 2.75) is 26.9 Å². The smallest absolute Gasteiger partial charge is 0.338 e. The third-order valence-electron chi connectivity index (χ3n) is 3.34. The Hall–Kier alpha value is -2.62. The molecule has 1 amide bonds. The van der Waals surface area contributed by atoms with Gasteiger partial charge in [0.15, 0.2) is 6.10 Å². The van der Waals surface area contributed by atoms with Crippen LogP contribution in [0.1, 0.15) is 28.4 Å². The van der Waals surface area contributed by atoms with E-state index in [0.717, 1.165) is 11.1 Å². The molecule has 0 aliphatic heterocycles. The minimum Gasteiger partial charge on any atom is -0.449 e. The molecular weight excluding hydrogens is 278 g/mol. The lowest BCUT2D eigenvalue weighted by molar-refractivity contribution is -0.123. The van der Waals surface area contributed by atoms with Gasteiger partial charge >= 0.3 is 5.97 Å². The minimum absolute atomic E-state index is 0.352. The van der Waals surface area contributed by atoms with Gasteiger partial charge in [-0.15, -0.1) is 0 Å². The van der Waals surface area contributed by atoms with Gasteiger partial charge in [-0.25, -0.2) is 4.79 Å². The lowest BCUT2D eigenvalue weighted by Crippen LogP contribution is -2.30. The van der Waals surface area contributed by atoms with E-state index in [1.807, 2.05) is 50.2 Å². The molecular formula is C18H19NO3. The summed E-state index contributed by atoms with van der Waals surface area (Å²) in [5.74, 6) is -0.859. The maximum atomic E-state index is 12.1. The Morgan fingerprint density at radius 2 is 1.64 bits per heavy atom. The molecule has 0 saturated carbocycles. The van der Waals surface area contributed by atoms with E-state index in [-0.39, 0.29) is 5.91 Å². The summed E-state index contributed by atoms with van der Waals surface area (Å²) in [5, 5.41) is 2.76. The van der Waals surface area contributed by atoms with E-state index in [9.17, 15) is 9.59 Å². The summed E-state index contributed by atoms with van der Waals surface area (Å²) in [5.41, 5.74) is 3.15. The van der Waals surface area contributed by atoms with Crippen LogP contribution < -0.4 is 5.32 Å². The van der Waals surface area contributed by atoms with E-state index in [1.165, 1.54) is 0 Å². The van der Waals surface area contributed by atoms with Gasteiger partial charge in [0.2, 0.25) is 0 Å². The number of rotatable bonds is 4. The third-order valence-corrected chi connectivity index (χ3v) is 3.34. The van der Waals surface area contributed by atoms with Gasteiger partial charge in [0.05, 0.1) is 5.56 Å². The van der Waals surface area contributed by atoms with Crippen molar-refractivity contribution in [2.24, 2.45) is 0 Å². The summed E-state index contributed by atoms with van der Waals surface area (Å²) in [6, 6.07) is 14.5. The van der Waals surface area contributed by atoms with Gasteiger partial charge in [0, 0.05) is 5.69 Å². The second-order valence-electron chi connectivity index (χ2n) is 5.22. The van der Waals surface area contributed by atoms with Crippen molar-refractivity contribution in [3.8, 4) is 0 Å². The molecule has 0 saturated heterocycles. The van der Waals surface area contributed by atoms with Gasteiger partial charge in [0.1, 0.15) is 0 Å². The van der Waals surface area contributed by atoms with Crippen LogP contribution in [0, 0.1) is 13.8 Å². The molecule has 4 nitrogen and oxygen atoms in total. The van der Waals surface area contributed by atoms with Crippen molar-refractivity contribution in [1.29, 1.82) is 0 Å². The average Bonchev–Trinajstić information content (AvgIpc) is 2.50. The molecule has 0 aliphatic carbocycles. The van der Waals surface area contributed by atoms with Crippen LogP contribution in [0.25, 0.3) is 0 Å². The van der Waals surface area contributed by atoms with Crippen molar-refractivity contribution >= 4 is 17.6 Å². The monoisotopic (exact) mass is 297 g/mol. The zero-order chi connectivity index (χ0) is 16.1. The summed E-state index contributed by atoms with van der Waals surface area (Å²) in [6.07, 6.45) is -0.867. The topological polar surface area (TPSA) is 55.4 Å². The standard InChI is InChI=1S/C18H19NO3/c1-12-8-10-15(11-9-12)18(21)22-14(3)17(20)19-16-7-5-4-6-13(16)2/h4-11,14H,1-3H3,(H,19,20)/t14-/m1/s1. The number of carbonyl (C=O) groups excluding carboxylic acids is 2. The number of aryl methyl sites for hydroxylation is 2. The molecule has 0 fully saturated rings. The Morgan fingerprint density at radius 3 is 2.27 bits per heavy atom. The predicted octanol–water partition coefficient (Wildman–Crippen LogP) is 3.49. The second kappa shape index (κ2) is 6.89. The van der Waals surface area contributed by atoms with Crippen LogP contribution in [0.5, 0.6) is 0 Å². The molecule has 0 radical (unpaired) electrons. The molecule has 1 N–H and O–H groups in total. The molecule has 2 aromatic rings. The number of hydrogen-bond acceptors (Lipinski definition) is 3. The first-order valence-electron chi connectivity index (χ1n) is 7.11. The molecule has 114 valence electrons. The molecule has 0 bridgehead atoms.